The van der Waals surface area contributed by atoms with Gasteiger partial charge in [0.2, 0.25) is 5.91 Å². The van der Waals surface area contributed by atoms with Crippen molar-refractivity contribution in [2.75, 3.05) is 20.1 Å². The van der Waals surface area contributed by atoms with Crippen LogP contribution in [0.1, 0.15) is 29.2 Å². The average molecular weight is 365 g/mol. The summed E-state index contributed by atoms with van der Waals surface area (Å²) < 4.78 is 19.2. The lowest BCUT2D eigenvalue weighted by Crippen LogP contribution is -2.41. The molecule has 5 nitrogen and oxygen atoms in total. The Labute approximate surface area is 151 Å². The van der Waals surface area contributed by atoms with Gasteiger partial charge >= 0.3 is 0 Å². The van der Waals surface area contributed by atoms with Gasteiger partial charge in [0, 0.05) is 50.4 Å². The predicted octanol–water partition coefficient (Wildman–Crippen LogP) is 3.05. The van der Waals surface area contributed by atoms with Crippen LogP contribution in [0, 0.1) is 6.92 Å². The third-order valence-electron chi connectivity index (χ3n) is 4.74. The van der Waals surface area contributed by atoms with Crippen LogP contribution in [0.3, 0.4) is 0 Å². The van der Waals surface area contributed by atoms with Crippen molar-refractivity contribution in [1.29, 1.82) is 0 Å². The number of carbonyl (C=O) groups excluding carboxylic acids is 1. The molecule has 1 amide bonds. The number of aromatic nitrogens is 1. The fourth-order valence-corrected chi connectivity index (χ4v) is 4.06. The van der Waals surface area contributed by atoms with E-state index in [1.165, 1.54) is 4.88 Å². The third-order valence-corrected chi connectivity index (χ3v) is 5.66. The second kappa shape index (κ2) is 8.10. The lowest BCUT2D eigenvalue weighted by molar-refractivity contribution is -0.130. The first-order chi connectivity index (χ1) is 12.0. The molecule has 3 heterocycles. The number of likely N-dealkylation sites (tertiary alicyclic amines) is 1. The van der Waals surface area contributed by atoms with Crippen LogP contribution in [0.2, 0.25) is 0 Å². The summed E-state index contributed by atoms with van der Waals surface area (Å²) in [6.45, 7) is 3.66. The zero-order chi connectivity index (χ0) is 17.8. The van der Waals surface area contributed by atoms with Gasteiger partial charge in [-0.25, -0.2) is 9.37 Å². The SMILES string of the molecule is Cc1ncsc1CN1C[C@@H](F)C[C@H]1CN(C)C(=O)CCc1ccco1. The molecule has 0 N–H and O–H groups in total. The quantitative estimate of drug-likeness (QED) is 0.757. The Hall–Kier alpha value is -1.73. The highest BCUT2D eigenvalue weighted by molar-refractivity contribution is 7.09. The number of hydrogen-bond acceptors (Lipinski definition) is 5. The summed E-state index contributed by atoms with van der Waals surface area (Å²) in [7, 11) is 1.80. The molecular formula is C18H24FN3O2S. The fraction of sp³-hybridized carbons (Fsp3) is 0.556. The van der Waals surface area contributed by atoms with Crippen LogP contribution in [0.25, 0.3) is 0 Å². The molecule has 0 aliphatic carbocycles. The predicted molar refractivity (Wildman–Crippen MR) is 95.2 cm³/mol. The standard InChI is InChI=1S/C18H24FN3O2S/c1-13-17(25-12-20-13)11-22-9-14(19)8-15(22)10-21(2)18(23)6-5-16-4-3-7-24-16/h3-4,7,12,14-15H,5-6,8-11H2,1-2H3/t14-,15-/m0/s1. The molecule has 2 atom stereocenters. The van der Waals surface area contributed by atoms with Crippen molar-refractivity contribution < 1.29 is 13.6 Å². The lowest BCUT2D eigenvalue weighted by Gasteiger charge is -2.28. The first kappa shape index (κ1) is 18.1. The van der Waals surface area contributed by atoms with E-state index in [1.54, 1.807) is 29.5 Å². The van der Waals surface area contributed by atoms with Crippen molar-refractivity contribution >= 4 is 17.2 Å². The number of likely N-dealkylation sites (N-methyl/N-ethyl adjacent to an activating group) is 1. The van der Waals surface area contributed by atoms with E-state index in [0.29, 0.717) is 38.9 Å². The lowest BCUT2D eigenvalue weighted by atomic mass is 10.1. The second-order valence-electron chi connectivity index (χ2n) is 6.63. The van der Waals surface area contributed by atoms with E-state index in [9.17, 15) is 9.18 Å². The largest absolute Gasteiger partial charge is 0.469 e. The van der Waals surface area contributed by atoms with E-state index in [-0.39, 0.29) is 11.9 Å². The number of carbonyl (C=O) groups is 1. The number of nitrogens with zero attached hydrogens (tertiary/aromatic N) is 3. The number of halogens is 1. The molecule has 1 saturated heterocycles. The fourth-order valence-electron chi connectivity index (χ4n) is 3.26. The molecule has 0 spiro atoms. The van der Waals surface area contributed by atoms with Crippen LogP contribution in [-0.4, -0.2) is 53.0 Å². The number of amides is 1. The summed E-state index contributed by atoms with van der Waals surface area (Å²) in [5.74, 6) is 0.876. The Morgan fingerprint density at radius 2 is 2.40 bits per heavy atom. The first-order valence-corrected chi connectivity index (χ1v) is 9.44. The third kappa shape index (κ3) is 4.67. The van der Waals surface area contributed by atoms with Gasteiger partial charge in [-0.2, -0.15) is 0 Å². The van der Waals surface area contributed by atoms with E-state index in [1.807, 2.05) is 24.6 Å². The van der Waals surface area contributed by atoms with E-state index in [0.717, 1.165) is 11.5 Å². The Kier molecular flexibility index (Phi) is 5.86. The summed E-state index contributed by atoms with van der Waals surface area (Å²) in [6.07, 6.45) is 2.26. The molecule has 25 heavy (non-hydrogen) atoms. The zero-order valence-corrected chi connectivity index (χ0v) is 15.5. The van der Waals surface area contributed by atoms with Crippen molar-refractivity contribution in [2.45, 2.75) is 44.9 Å². The number of aryl methyl sites for hydroxylation is 2. The molecule has 136 valence electrons. The molecule has 0 aromatic carbocycles. The number of rotatable bonds is 7. The molecule has 1 fully saturated rings. The minimum absolute atomic E-state index is 0.0501. The Morgan fingerprint density at radius 3 is 3.08 bits per heavy atom. The number of hydrogen-bond donors (Lipinski definition) is 0. The van der Waals surface area contributed by atoms with Crippen molar-refractivity contribution in [1.82, 2.24) is 14.8 Å². The van der Waals surface area contributed by atoms with Crippen LogP contribution in [0.5, 0.6) is 0 Å². The van der Waals surface area contributed by atoms with Gasteiger partial charge in [-0.05, 0) is 25.5 Å². The molecule has 2 aromatic rings. The van der Waals surface area contributed by atoms with E-state index in [2.05, 4.69) is 9.88 Å². The van der Waals surface area contributed by atoms with Gasteiger partial charge < -0.3 is 9.32 Å². The molecule has 1 aliphatic heterocycles. The van der Waals surface area contributed by atoms with Crippen LogP contribution >= 0.6 is 11.3 Å². The molecule has 0 bridgehead atoms. The maximum Gasteiger partial charge on any atom is 0.222 e. The van der Waals surface area contributed by atoms with Crippen molar-refractivity contribution in [3.05, 3.63) is 40.2 Å². The van der Waals surface area contributed by atoms with Crippen LogP contribution < -0.4 is 0 Å². The maximum atomic E-state index is 14.0. The maximum absolute atomic E-state index is 14.0. The van der Waals surface area contributed by atoms with Crippen molar-refractivity contribution in [3.8, 4) is 0 Å². The highest BCUT2D eigenvalue weighted by Crippen LogP contribution is 2.25. The first-order valence-electron chi connectivity index (χ1n) is 8.56. The van der Waals surface area contributed by atoms with E-state index in [4.69, 9.17) is 4.42 Å². The van der Waals surface area contributed by atoms with Gasteiger partial charge in [0.05, 0.1) is 17.5 Å². The molecular weight excluding hydrogens is 341 g/mol. The van der Waals surface area contributed by atoms with Crippen LogP contribution in [0.15, 0.2) is 28.3 Å². The van der Waals surface area contributed by atoms with Crippen molar-refractivity contribution in [2.24, 2.45) is 0 Å². The summed E-state index contributed by atoms with van der Waals surface area (Å²) in [6, 6.07) is 3.74. The van der Waals surface area contributed by atoms with Gasteiger partial charge in [-0.1, -0.05) is 0 Å². The summed E-state index contributed by atoms with van der Waals surface area (Å²) >= 11 is 1.61. The highest BCUT2D eigenvalue weighted by atomic mass is 32.1. The topological polar surface area (TPSA) is 49.6 Å². The minimum atomic E-state index is -0.829. The highest BCUT2D eigenvalue weighted by Gasteiger charge is 2.33. The Bertz CT molecular complexity index is 688. The molecule has 0 saturated carbocycles. The normalized spacial score (nSPS) is 20.9. The minimum Gasteiger partial charge on any atom is -0.469 e. The summed E-state index contributed by atoms with van der Waals surface area (Å²) in [5.41, 5.74) is 2.83. The monoisotopic (exact) mass is 365 g/mol. The smallest absolute Gasteiger partial charge is 0.222 e. The summed E-state index contributed by atoms with van der Waals surface area (Å²) in [5, 5.41) is 0. The van der Waals surface area contributed by atoms with E-state index >= 15 is 0 Å². The molecule has 2 aromatic heterocycles. The Balaban J connectivity index is 1.53. The molecule has 7 heteroatoms. The number of thiazole rings is 1. The van der Waals surface area contributed by atoms with Gasteiger partial charge in [0.1, 0.15) is 11.9 Å². The van der Waals surface area contributed by atoms with Crippen LogP contribution in [-0.2, 0) is 17.8 Å². The number of furan rings is 1. The van der Waals surface area contributed by atoms with Gasteiger partial charge in [0.25, 0.3) is 0 Å². The van der Waals surface area contributed by atoms with Crippen LogP contribution in [0.4, 0.5) is 4.39 Å². The van der Waals surface area contributed by atoms with Gasteiger partial charge in [0.15, 0.2) is 0 Å². The Morgan fingerprint density at radius 1 is 1.56 bits per heavy atom. The van der Waals surface area contributed by atoms with Gasteiger partial charge in [-0.15, -0.1) is 11.3 Å². The molecule has 1 aliphatic rings. The van der Waals surface area contributed by atoms with Gasteiger partial charge in [-0.3, -0.25) is 9.69 Å². The average Bonchev–Trinajstić information content (AvgIpc) is 3.29. The van der Waals surface area contributed by atoms with E-state index < -0.39 is 6.17 Å². The molecule has 0 radical (unpaired) electrons. The summed E-state index contributed by atoms with van der Waals surface area (Å²) in [4.78, 5) is 21.6. The number of alkyl halides is 1. The molecule has 0 unspecified atom stereocenters. The zero-order valence-electron chi connectivity index (χ0n) is 14.7. The second-order valence-corrected chi connectivity index (χ2v) is 7.57. The molecule has 3 rings (SSSR count). The van der Waals surface area contributed by atoms with Crippen molar-refractivity contribution in [3.63, 3.8) is 0 Å².